The van der Waals surface area contributed by atoms with Crippen LogP contribution in [0, 0.1) is 0 Å². The van der Waals surface area contributed by atoms with Gasteiger partial charge in [0.25, 0.3) is 0 Å². The molecule has 5 rings (SSSR count). The summed E-state index contributed by atoms with van der Waals surface area (Å²) in [6.07, 6.45) is 0. The van der Waals surface area contributed by atoms with Crippen molar-refractivity contribution in [1.82, 2.24) is 25.0 Å². The molecular weight excluding hydrogens is 410 g/mol. The van der Waals surface area contributed by atoms with Gasteiger partial charge in [0.1, 0.15) is 12.3 Å². The van der Waals surface area contributed by atoms with Crippen molar-refractivity contribution >= 4 is 32.3 Å². The van der Waals surface area contributed by atoms with Crippen LogP contribution in [0.25, 0.3) is 39.2 Å². The summed E-state index contributed by atoms with van der Waals surface area (Å²) < 4.78 is 7.70. The average Bonchev–Trinajstić information content (AvgIpc) is 3.34. The van der Waals surface area contributed by atoms with Gasteiger partial charge < -0.3 is 9.63 Å². The molecule has 0 aliphatic carbocycles. The number of aliphatic hydroxyl groups excluding tert-OH is 1. The molecule has 132 valence electrons. The smallest absolute Gasteiger partial charge is 0.207 e. The lowest BCUT2D eigenvalue weighted by molar-refractivity contribution is 0.229. The summed E-state index contributed by atoms with van der Waals surface area (Å²) in [5.74, 6) is 0.807. The second-order valence-corrected chi connectivity index (χ2v) is 6.82. The maximum atomic E-state index is 9.23. The maximum Gasteiger partial charge on any atom is 0.207 e. The minimum absolute atomic E-state index is 0.234. The molecule has 0 atom stereocenters. The van der Waals surface area contributed by atoms with Crippen LogP contribution >= 0.6 is 15.9 Å². The Labute approximate surface area is 161 Å². The zero-order valence-electron chi connectivity index (χ0n) is 13.9. The number of nitrogens with zero attached hydrogens (tertiary/aromatic N) is 5. The summed E-state index contributed by atoms with van der Waals surface area (Å²) in [7, 11) is 0. The van der Waals surface area contributed by atoms with Crippen LogP contribution in [0.4, 0.5) is 0 Å². The molecule has 0 aliphatic rings. The minimum atomic E-state index is -0.234. The highest BCUT2D eigenvalue weighted by Crippen LogP contribution is 2.34. The topological polar surface area (TPSA) is 89.3 Å². The Hall–Kier alpha value is -3.10. The normalized spacial score (nSPS) is 11.5. The Balaban J connectivity index is 1.86. The fourth-order valence-electron chi connectivity index (χ4n) is 3.09. The Bertz CT molecular complexity index is 1290. The van der Waals surface area contributed by atoms with Crippen molar-refractivity contribution in [2.45, 2.75) is 6.61 Å². The number of hydrogen-bond acceptors (Lipinski definition) is 6. The first-order valence-electron chi connectivity index (χ1n) is 8.22. The molecule has 0 saturated carbocycles. The highest BCUT2D eigenvalue weighted by atomic mass is 79.9. The SMILES string of the molecule is OCc1cc(-c2nnc3c4ccccc4c(-c4ccccc4Br)nn23)no1. The number of aromatic nitrogens is 5. The van der Waals surface area contributed by atoms with Crippen LogP contribution < -0.4 is 0 Å². The van der Waals surface area contributed by atoms with Gasteiger partial charge in [0, 0.05) is 26.9 Å². The summed E-state index contributed by atoms with van der Waals surface area (Å²) in [6.45, 7) is -0.234. The number of benzene rings is 2. The van der Waals surface area contributed by atoms with E-state index in [1.54, 1.807) is 10.6 Å². The van der Waals surface area contributed by atoms with Crippen molar-refractivity contribution in [2.24, 2.45) is 0 Å². The van der Waals surface area contributed by atoms with Gasteiger partial charge in [-0.1, -0.05) is 63.6 Å². The van der Waals surface area contributed by atoms with Crippen LogP contribution in [0.15, 0.2) is 63.6 Å². The first-order valence-corrected chi connectivity index (χ1v) is 9.01. The summed E-state index contributed by atoms with van der Waals surface area (Å²) >= 11 is 3.61. The van der Waals surface area contributed by atoms with Crippen LogP contribution in [0.3, 0.4) is 0 Å². The number of rotatable bonds is 3. The van der Waals surface area contributed by atoms with Gasteiger partial charge in [-0.05, 0) is 6.07 Å². The molecule has 0 bridgehead atoms. The Morgan fingerprint density at radius 1 is 1.00 bits per heavy atom. The van der Waals surface area contributed by atoms with Crippen molar-refractivity contribution in [3.63, 3.8) is 0 Å². The van der Waals surface area contributed by atoms with Gasteiger partial charge in [0.2, 0.25) is 5.82 Å². The van der Waals surface area contributed by atoms with Crippen molar-refractivity contribution in [3.8, 4) is 22.8 Å². The predicted octanol–water partition coefficient (Wildman–Crippen LogP) is 3.85. The van der Waals surface area contributed by atoms with E-state index in [1.165, 1.54) is 0 Å². The molecule has 0 saturated heterocycles. The molecule has 8 heteroatoms. The van der Waals surface area contributed by atoms with E-state index >= 15 is 0 Å². The first kappa shape index (κ1) is 16.1. The molecule has 5 aromatic rings. The number of aliphatic hydroxyl groups is 1. The molecule has 2 aromatic carbocycles. The molecule has 27 heavy (non-hydrogen) atoms. The standard InChI is InChI=1S/C19H12BrN5O2/c20-15-8-4-3-7-14(15)17-12-5-1-2-6-13(12)18-21-22-19(25(18)23-17)16-9-11(10-26)27-24-16/h1-9,26H,10H2. The third-order valence-electron chi connectivity index (χ3n) is 4.34. The quantitative estimate of drug-likeness (QED) is 0.475. The largest absolute Gasteiger partial charge is 0.388 e. The number of fused-ring (bicyclic) bond motifs is 3. The van der Waals surface area contributed by atoms with Crippen molar-refractivity contribution in [2.75, 3.05) is 0 Å². The van der Waals surface area contributed by atoms with E-state index < -0.39 is 0 Å². The number of hydrogen-bond donors (Lipinski definition) is 1. The lowest BCUT2D eigenvalue weighted by Gasteiger charge is -2.09. The molecule has 7 nitrogen and oxygen atoms in total. The van der Waals surface area contributed by atoms with E-state index in [-0.39, 0.29) is 6.61 Å². The molecule has 0 amide bonds. The van der Waals surface area contributed by atoms with Gasteiger partial charge >= 0.3 is 0 Å². The zero-order chi connectivity index (χ0) is 18.4. The van der Waals surface area contributed by atoms with E-state index in [0.29, 0.717) is 22.9 Å². The predicted molar refractivity (Wildman–Crippen MR) is 103 cm³/mol. The van der Waals surface area contributed by atoms with Crippen molar-refractivity contribution < 1.29 is 9.63 Å². The van der Waals surface area contributed by atoms with Crippen LogP contribution in [0.2, 0.25) is 0 Å². The van der Waals surface area contributed by atoms with E-state index in [4.69, 9.17) is 9.62 Å². The van der Waals surface area contributed by atoms with Gasteiger partial charge in [0.15, 0.2) is 17.1 Å². The summed E-state index contributed by atoms with van der Waals surface area (Å²) in [4.78, 5) is 0. The maximum absolute atomic E-state index is 9.23. The molecule has 0 unspecified atom stereocenters. The average molecular weight is 422 g/mol. The highest BCUT2D eigenvalue weighted by Gasteiger charge is 2.19. The van der Waals surface area contributed by atoms with E-state index in [2.05, 4.69) is 31.3 Å². The third-order valence-corrected chi connectivity index (χ3v) is 5.03. The summed E-state index contributed by atoms with van der Waals surface area (Å²) in [5.41, 5.74) is 2.86. The van der Waals surface area contributed by atoms with Crippen LogP contribution in [-0.2, 0) is 6.61 Å². The lowest BCUT2D eigenvalue weighted by Crippen LogP contribution is -2.00. The fourth-order valence-corrected chi connectivity index (χ4v) is 3.56. The van der Waals surface area contributed by atoms with Crippen molar-refractivity contribution in [1.29, 1.82) is 0 Å². The molecule has 3 aromatic heterocycles. The molecular formula is C19H12BrN5O2. The molecule has 0 spiro atoms. The van der Waals surface area contributed by atoms with E-state index in [1.807, 2.05) is 48.5 Å². The van der Waals surface area contributed by atoms with E-state index in [9.17, 15) is 5.11 Å². The fraction of sp³-hybridized carbons (Fsp3) is 0.0526. The van der Waals surface area contributed by atoms with Gasteiger partial charge in [-0.15, -0.1) is 10.2 Å². The Morgan fingerprint density at radius 2 is 1.78 bits per heavy atom. The summed E-state index contributed by atoms with van der Waals surface area (Å²) in [6, 6.07) is 17.5. The molecule has 1 N–H and O–H groups in total. The van der Waals surface area contributed by atoms with Gasteiger partial charge in [-0.3, -0.25) is 0 Å². The molecule has 0 fully saturated rings. The summed E-state index contributed by atoms with van der Waals surface area (Å²) in [5, 5.41) is 28.5. The minimum Gasteiger partial charge on any atom is -0.388 e. The van der Waals surface area contributed by atoms with E-state index in [0.717, 1.165) is 26.5 Å². The monoisotopic (exact) mass is 421 g/mol. The van der Waals surface area contributed by atoms with Gasteiger partial charge in [-0.25, -0.2) is 0 Å². The number of halogens is 1. The second kappa shape index (κ2) is 6.26. The molecule has 0 aliphatic heterocycles. The second-order valence-electron chi connectivity index (χ2n) is 5.97. The molecule has 0 radical (unpaired) electrons. The zero-order valence-corrected chi connectivity index (χ0v) is 15.5. The van der Waals surface area contributed by atoms with Crippen LogP contribution in [0.1, 0.15) is 5.76 Å². The Kier molecular flexibility index (Phi) is 3.73. The van der Waals surface area contributed by atoms with Crippen LogP contribution in [-0.4, -0.2) is 30.1 Å². The van der Waals surface area contributed by atoms with Crippen LogP contribution in [0.5, 0.6) is 0 Å². The van der Waals surface area contributed by atoms with Gasteiger partial charge in [0.05, 0.1) is 0 Å². The third kappa shape index (κ3) is 2.53. The Morgan fingerprint density at radius 3 is 2.56 bits per heavy atom. The first-order chi connectivity index (χ1) is 13.3. The van der Waals surface area contributed by atoms with Gasteiger partial charge in [-0.2, -0.15) is 9.61 Å². The highest BCUT2D eigenvalue weighted by molar-refractivity contribution is 9.10. The van der Waals surface area contributed by atoms with Crippen molar-refractivity contribution in [3.05, 3.63) is 64.8 Å². The molecule has 3 heterocycles. The lowest BCUT2D eigenvalue weighted by atomic mass is 10.1.